The third kappa shape index (κ3) is 4.95. The summed E-state index contributed by atoms with van der Waals surface area (Å²) in [5, 5.41) is 17.7. The molecule has 3 rings (SSSR count). The van der Waals surface area contributed by atoms with Crippen LogP contribution in [0.2, 0.25) is 0 Å². The SMILES string of the molecule is C/C(O)=C(\C)O.[Ir].[c-]1c(-c2ccccn2)sc2ccccc12. The third-order valence-corrected chi connectivity index (χ3v) is 3.86. The van der Waals surface area contributed by atoms with Gasteiger partial charge in [-0.15, -0.1) is 23.6 Å². The first-order chi connectivity index (χ1) is 10.1. The second-order valence-electron chi connectivity index (χ2n) is 4.44. The molecule has 0 aliphatic heterocycles. The molecule has 0 spiro atoms. The number of aromatic nitrogens is 1. The first kappa shape index (κ1) is 18.4. The van der Waals surface area contributed by atoms with Gasteiger partial charge in [0, 0.05) is 32.0 Å². The van der Waals surface area contributed by atoms with Crippen molar-refractivity contribution in [2.24, 2.45) is 0 Å². The molecule has 1 radical (unpaired) electrons. The number of hydrogen-bond donors (Lipinski definition) is 2. The Morgan fingerprint density at radius 2 is 1.64 bits per heavy atom. The number of nitrogens with zero attached hydrogens (tertiary/aromatic N) is 1. The quantitative estimate of drug-likeness (QED) is 0.368. The van der Waals surface area contributed by atoms with E-state index in [4.69, 9.17) is 10.2 Å². The van der Waals surface area contributed by atoms with E-state index in [0.29, 0.717) is 0 Å². The predicted octanol–water partition coefficient (Wildman–Crippen LogP) is 5.11. The van der Waals surface area contributed by atoms with Crippen molar-refractivity contribution in [3.8, 4) is 10.6 Å². The molecular formula is C17H16IrNO2S-. The van der Waals surface area contributed by atoms with Gasteiger partial charge in [0.25, 0.3) is 0 Å². The average molecular weight is 491 g/mol. The summed E-state index contributed by atoms with van der Waals surface area (Å²) in [7, 11) is 0. The average Bonchev–Trinajstić information content (AvgIpc) is 2.92. The van der Waals surface area contributed by atoms with E-state index in [2.05, 4.69) is 29.2 Å². The standard InChI is InChI=1S/C13H8NS.C4H8O2.Ir/c1-2-7-12-10(5-1)9-13(15-12)11-6-3-4-8-14-11;1-3(5)4(2)6;/h1-8H;5-6H,1-2H3;/q-1;;/b;4-3-;. The van der Waals surface area contributed by atoms with Crippen LogP contribution in [0.4, 0.5) is 0 Å². The Hall–Kier alpha value is -1.68. The van der Waals surface area contributed by atoms with Crippen molar-refractivity contribution in [3.05, 3.63) is 66.2 Å². The molecule has 0 aliphatic carbocycles. The zero-order valence-corrected chi connectivity index (χ0v) is 15.4. The summed E-state index contributed by atoms with van der Waals surface area (Å²) < 4.78 is 1.26. The van der Waals surface area contributed by atoms with Crippen molar-refractivity contribution < 1.29 is 30.3 Å². The fraction of sp³-hybridized carbons (Fsp3) is 0.118. The van der Waals surface area contributed by atoms with Crippen molar-refractivity contribution in [1.29, 1.82) is 0 Å². The molecular weight excluding hydrogens is 474 g/mol. The predicted molar refractivity (Wildman–Crippen MR) is 87.5 cm³/mol. The first-order valence-corrected chi connectivity index (χ1v) is 7.27. The number of pyridine rings is 1. The maximum atomic E-state index is 8.26. The second-order valence-corrected chi connectivity index (χ2v) is 5.49. The van der Waals surface area contributed by atoms with E-state index in [9.17, 15) is 0 Å². The van der Waals surface area contributed by atoms with Crippen LogP contribution in [0.3, 0.4) is 0 Å². The zero-order valence-electron chi connectivity index (χ0n) is 12.2. The van der Waals surface area contributed by atoms with Gasteiger partial charge in [-0.3, -0.25) is 0 Å². The van der Waals surface area contributed by atoms with Crippen molar-refractivity contribution >= 4 is 21.4 Å². The van der Waals surface area contributed by atoms with E-state index >= 15 is 0 Å². The maximum absolute atomic E-state index is 8.26. The molecule has 0 unspecified atom stereocenters. The van der Waals surface area contributed by atoms with Crippen LogP contribution in [0.5, 0.6) is 0 Å². The van der Waals surface area contributed by atoms with Crippen molar-refractivity contribution in [2.45, 2.75) is 13.8 Å². The summed E-state index contributed by atoms with van der Waals surface area (Å²) in [6, 6.07) is 17.6. The number of benzene rings is 1. The summed E-state index contributed by atoms with van der Waals surface area (Å²) >= 11 is 1.73. The minimum absolute atomic E-state index is 0. The van der Waals surface area contributed by atoms with E-state index in [0.717, 1.165) is 10.6 Å². The van der Waals surface area contributed by atoms with Crippen molar-refractivity contribution in [3.63, 3.8) is 0 Å². The molecule has 5 heteroatoms. The molecule has 0 saturated carbocycles. The van der Waals surface area contributed by atoms with E-state index in [-0.39, 0.29) is 31.6 Å². The zero-order chi connectivity index (χ0) is 15.2. The summed E-state index contributed by atoms with van der Waals surface area (Å²) in [6.07, 6.45) is 1.81. The minimum atomic E-state index is -0.0185. The molecule has 2 heterocycles. The maximum Gasteiger partial charge on any atom is 0.126 e. The number of hydrogen-bond acceptors (Lipinski definition) is 4. The van der Waals surface area contributed by atoms with Gasteiger partial charge in [0.2, 0.25) is 0 Å². The minimum Gasteiger partial charge on any atom is -0.509 e. The van der Waals surface area contributed by atoms with Gasteiger partial charge in [0.15, 0.2) is 0 Å². The molecule has 2 N–H and O–H groups in total. The van der Waals surface area contributed by atoms with Crippen LogP contribution in [-0.2, 0) is 20.1 Å². The Bertz CT molecular complexity index is 702. The summed E-state index contributed by atoms with van der Waals surface area (Å²) in [4.78, 5) is 5.43. The Kier molecular flexibility index (Phi) is 7.25. The normalized spacial score (nSPS) is 11.0. The van der Waals surface area contributed by atoms with Crippen LogP contribution in [-0.4, -0.2) is 15.2 Å². The number of aliphatic hydroxyl groups is 2. The summed E-state index contributed by atoms with van der Waals surface area (Å²) in [5.74, 6) is -0.0370. The van der Waals surface area contributed by atoms with E-state index in [1.54, 1.807) is 11.3 Å². The van der Waals surface area contributed by atoms with Gasteiger partial charge in [-0.2, -0.15) is 0 Å². The molecule has 0 aliphatic rings. The first-order valence-electron chi connectivity index (χ1n) is 6.45. The van der Waals surface area contributed by atoms with E-state index in [1.165, 1.54) is 23.9 Å². The number of thiophene rings is 1. The molecule has 0 saturated heterocycles. The Morgan fingerprint density at radius 1 is 1.00 bits per heavy atom. The van der Waals surface area contributed by atoms with Crippen LogP contribution in [0.15, 0.2) is 60.2 Å². The van der Waals surface area contributed by atoms with E-state index in [1.807, 2.05) is 30.5 Å². The fourth-order valence-electron chi connectivity index (χ4n) is 1.53. The van der Waals surface area contributed by atoms with Crippen LogP contribution in [0, 0.1) is 6.07 Å². The van der Waals surface area contributed by atoms with Gasteiger partial charge < -0.3 is 15.2 Å². The molecule has 3 aromatic rings. The van der Waals surface area contributed by atoms with Gasteiger partial charge in [0.1, 0.15) is 11.5 Å². The molecule has 117 valence electrons. The molecule has 3 nitrogen and oxygen atoms in total. The Labute approximate surface area is 147 Å². The van der Waals surface area contributed by atoms with Gasteiger partial charge in [-0.05, 0) is 29.5 Å². The Balaban J connectivity index is 0.000000302. The molecule has 2 aromatic heterocycles. The topological polar surface area (TPSA) is 53.4 Å². The summed E-state index contributed by atoms with van der Waals surface area (Å²) in [5.41, 5.74) is 0.999. The second kappa shape index (κ2) is 8.69. The number of allylic oxidation sites excluding steroid dienone is 2. The van der Waals surface area contributed by atoms with Crippen LogP contribution < -0.4 is 0 Å². The molecule has 22 heavy (non-hydrogen) atoms. The monoisotopic (exact) mass is 491 g/mol. The molecule has 0 amide bonds. The summed E-state index contributed by atoms with van der Waals surface area (Å²) in [6.45, 7) is 2.85. The van der Waals surface area contributed by atoms with Crippen LogP contribution in [0.25, 0.3) is 20.7 Å². The third-order valence-electron chi connectivity index (χ3n) is 2.77. The fourth-order valence-corrected chi connectivity index (χ4v) is 2.51. The molecule has 1 aromatic carbocycles. The van der Waals surface area contributed by atoms with Crippen molar-refractivity contribution in [2.75, 3.05) is 0 Å². The smallest absolute Gasteiger partial charge is 0.126 e. The van der Waals surface area contributed by atoms with Gasteiger partial charge in [-0.1, -0.05) is 24.3 Å². The van der Waals surface area contributed by atoms with Gasteiger partial charge in [0.05, 0.1) is 0 Å². The van der Waals surface area contributed by atoms with Crippen LogP contribution >= 0.6 is 11.3 Å². The Morgan fingerprint density at radius 3 is 2.18 bits per heavy atom. The van der Waals surface area contributed by atoms with Gasteiger partial charge in [-0.25, -0.2) is 11.3 Å². The molecule has 0 bridgehead atoms. The van der Waals surface area contributed by atoms with Crippen molar-refractivity contribution in [1.82, 2.24) is 4.98 Å². The van der Waals surface area contributed by atoms with Gasteiger partial charge >= 0.3 is 0 Å². The number of aliphatic hydroxyl groups excluding tert-OH is 2. The number of rotatable bonds is 1. The number of fused-ring (bicyclic) bond motifs is 1. The molecule has 0 atom stereocenters. The van der Waals surface area contributed by atoms with Crippen LogP contribution in [0.1, 0.15) is 13.8 Å². The van der Waals surface area contributed by atoms with E-state index < -0.39 is 0 Å². The molecule has 0 fully saturated rings. The largest absolute Gasteiger partial charge is 0.509 e.